The van der Waals surface area contributed by atoms with Crippen molar-refractivity contribution < 1.29 is 0 Å². The molecule has 0 N–H and O–H groups in total. The minimum absolute atomic E-state index is 0.892. The van der Waals surface area contributed by atoms with Gasteiger partial charge in [-0.25, -0.2) is 15.0 Å². The van der Waals surface area contributed by atoms with Crippen molar-refractivity contribution in [2.75, 3.05) is 0 Å². The van der Waals surface area contributed by atoms with Crippen LogP contribution in [0.5, 0.6) is 0 Å². The lowest BCUT2D eigenvalue weighted by molar-refractivity contribution is 1.03. The van der Waals surface area contributed by atoms with Crippen molar-refractivity contribution in [2.45, 2.75) is 17.0 Å². The van der Waals surface area contributed by atoms with E-state index in [4.69, 9.17) is 0 Å². The average molecular weight is 282 g/mol. The van der Waals surface area contributed by atoms with E-state index in [0.29, 0.717) is 0 Å². The molecule has 0 saturated carbocycles. The Labute approximate surface area is 101 Å². The highest BCUT2D eigenvalue weighted by atomic mass is 79.9. The van der Waals surface area contributed by atoms with Crippen molar-refractivity contribution in [3.8, 4) is 0 Å². The Balaban J connectivity index is 2.29. The topological polar surface area (TPSA) is 38.7 Å². The summed E-state index contributed by atoms with van der Waals surface area (Å²) in [5.41, 5.74) is 1.17. The number of aromatic nitrogens is 3. The first-order valence-electron chi connectivity index (χ1n) is 4.32. The van der Waals surface area contributed by atoms with Crippen LogP contribution in [-0.2, 0) is 0 Å². The van der Waals surface area contributed by atoms with Crippen molar-refractivity contribution in [3.63, 3.8) is 0 Å². The Bertz CT molecular complexity index is 461. The maximum absolute atomic E-state index is 4.29. The maximum atomic E-state index is 4.29. The second-order valence-corrected chi connectivity index (χ2v) is 4.70. The van der Waals surface area contributed by atoms with Gasteiger partial charge in [-0.15, -0.1) is 0 Å². The molecule has 0 aliphatic heterocycles. The second kappa shape index (κ2) is 4.72. The van der Waals surface area contributed by atoms with Gasteiger partial charge < -0.3 is 0 Å². The summed E-state index contributed by atoms with van der Waals surface area (Å²) in [5.74, 6) is 0. The Hall–Kier alpha value is -0.940. The molecular formula is C10H8BrN3S. The van der Waals surface area contributed by atoms with Gasteiger partial charge in [-0.3, -0.25) is 0 Å². The Morgan fingerprint density at radius 3 is 2.80 bits per heavy atom. The standard InChI is InChI=1S/C10H8BrN3S/c1-7-2-5-13-10(9(7)11)15-8-3-4-12-6-14-8/h2-6H,1H3. The third-order valence-corrected chi connectivity index (χ3v) is 4.02. The Kier molecular flexibility index (Phi) is 3.33. The van der Waals surface area contributed by atoms with E-state index in [-0.39, 0.29) is 0 Å². The quantitative estimate of drug-likeness (QED) is 0.793. The highest BCUT2D eigenvalue weighted by Crippen LogP contribution is 2.31. The maximum Gasteiger partial charge on any atom is 0.117 e. The number of aryl methyl sites for hydroxylation is 1. The van der Waals surface area contributed by atoms with Crippen LogP contribution in [0.1, 0.15) is 5.56 Å². The third-order valence-electron chi connectivity index (χ3n) is 1.81. The minimum atomic E-state index is 0.892. The summed E-state index contributed by atoms with van der Waals surface area (Å²) in [6.07, 6.45) is 5.05. The van der Waals surface area contributed by atoms with Gasteiger partial charge in [0.05, 0.1) is 4.47 Å². The van der Waals surface area contributed by atoms with Gasteiger partial charge in [-0.2, -0.15) is 0 Å². The van der Waals surface area contributed by atoms with E-state index in [9.17, 15) is 0 Å². The molecule has 76 valence electrons. The Morgan fingerprint density at radius 2 is 2.07 bits per heavy atom. The average Bonchev–Trinajstić information content (AvgIpc) is 2.26. The third kappa shape index (κ3) is 2.54. The molecule has 0 saturated heterocycles. The van der Waals surface area contributed by atoms with Crippen molar-refractivity contribution >= 4 is 27.7 Å². The van der Waals surface area contributed by atoms with Gasteiger partial charge in [0, 0.05) is 12.4 Å². The molecule has 2 rings (SSSR count). The highest BCUT2D eigenvalue weighted by Gasteiger charge is 2.06. The zero-order valence-corrected chi connectivity index (χ0v) is 10.4. The first-order chi connectivity index (χ1) is 7.27. The van der Waals surface area contributed by atoms with Crippen molar-refractivity contribution in [1.82, 2.24) is 15.0 Å². The molecule has 5 heteroatoms. The largest absolute Gasteiger partial charge is 0.248 e. The van der Waals surface area contributed by atoms with E-state index in [1.807, 2.05) is 19.1 Å². The summed E-state index contributed by atoms with van der Waals surface area (Å²) in [4.78, 5) is 12.3. The summed E-state index contributed by atoms with van der Waals surface area (Å²) in [6.45, 7) is 2.04. The van der Waals surface area contributed by atoms with Gasteiger partial charge >= 0.3 is 0 Å². The van der Waals surface area contributed by atoms with Crippen LogP contribution in [0.2, 0.25) is 0 Å². The normalized spacial score (nSPS) is 10.3. The molecule has 0 unspecified atom stereocenters. The number of pyridine rings is 1. The lowest BCUT2D eigenvalue weighted by atomic mass is 10.3. The monoisotopic (exact) mass is 281 g/mol. The fourth-order valence-corrected chi connectivity index (χ4v) is 2.29. The van der Waals surface area contributed by atoms with Crippen LogP contribution in [0.3, 0.4) is 0 Å². The molecule has 2 heterocycles. The van der Waals surface area contributed by atoms with Crippen LogP contribution in [0.25, 0.3) is 0 Å². The van der Waals surface area contributed by atoms with Gasteiger partial charge in [0.25, 0.3) is 0 Å². The fourth-order valence-electron chi connectivity index (χ4n) is 1.02. The van der Waals surface area contributed by atoms with E-state index in [0.717, 1.165) is 14.5 Å². The van der Waals surface area contributed by atoms with Crippen molar-refractivity contribution in [3.05, 3.63) is 40.9 Å². The van der Waals surface area contributed by atoms with Crippen LogP contribution < -0.4 is 0 Å². The molecule has 0 bridgehead atoms. The van der Waals surface area contributed by atoms with E-state index < -0.39 is 0 Å². The minimum Gasteiger partial charge on any atom is -0.248 e. The van der Waals surface area contributed by atoms with E-state index in [1.54, 1.807) is 12.4 Å². The molecule has 0 aromatic carbocycles. The van der Waals surface area contributed by atoms with Crippen LogP contribution >= 0.6 is 27.7 Å². The van der Waals surface area contributed by atoms with E-state index >= 15 is 0 Å². The van der Waals surface area contributed by atoms with Crippen LogP contribution in [-0.4, -0.2) is 15.0 Å². The summed E-state index contributed by atoms with van der Waals surface area (Å²) in [7, 11) is 0. The molecule has 0 fully saturated rings. The molecule has 0 aliphatic rings. The molecule has 0 amide bonds. The highest BCUT2D eigenvalue weighted by molar-refractivity contribution is 9.10. The second-order valence-electron chi connectivity index (χ2n) is 2.90. The molecule has 15 heavy (non-hydrogen) atoms. The molecule has 0 atom stereocenters. The molecule has 2 aromatic heterocycles. The number of rotatable bonds is 2. The number of halogens is 1. The van der Waals surface area contributed by atoms with Crippen LogP contribution in [0.4, 0.5) is 0 Å². The number of hydrogen-bond acceptors (Lipinski definition) is 4. The molecule has 0 aliphatic carbocycles. The first-order valence-corrected chi connectivity index (χ1v) is 5.93. The van der Waals surface area contributed by atoms with E-state index in [2.05, 4.69) is 30.9 Å². The summed E-state index contributed by atoms with van der Waals surface area (Å²) in [6, 6.07) is 3.83. The zero-order chi connectivity index (χ0) is 10.7. The first kappa shape index (κ1) is 10.6. The lowest BCUT2D eigenvalue weighted by Gasteiger charge is -2.03. The lowest BCUT2D eigenvalue weighted by Crippen LogP contribution is -1.86. The molecule has 3 nitrogen and oxygen atoms in total. The van der Waals surface area contributed by atoms with Gasteiger partial charge in [0.2, 0.25) is 0 Å². The van der Waals surface area contributed by atoms with Crippen molar-refractivity contribution in [2.24, 2.45) is 0 Å². The molecule has 0 spiro atoms. The van der Waals surface area contributed by atoms with Crippen molar-refractivity contribution in [1.29, 1.82) is 0 Å². The van der Waals surface area contributed by atoms with Crippen LogP contribution in [0.15, 0.2) is 45.4 Å². The zero-order valence-electron chi connectivity index (χ0n) is 8.01. The Morgan fingerprint density at radius 1 is 1.20 bits per heavy atom. The summed E-state index contributed by atoms with van der Waals surface area (Å²) in [5, 5.41) is 1.82. The number of hydrogen-bond donors (Lipinski definition) is 0. The molecular weight excluding hydrogens is 274 g/mol. The smallest absolute Gasteiger partial charge is 0.117 e. The van der Waals surface area contributed by atoms with Gasteiger partial charge in [-0.1, -0.05) is 0 Å². The molecule has 2 aromatic rings. The number of nitrogens with zero attached hydrogens (tertiary/aromatic N) is 3. The summed E-state index contributed by atoms with van der Waals surface area (Å²) < 4.78 is 1.02. The predicted octanol–water partition coefficient (Wildman–Crippen LogP) is 3.09. The predicted molar refractivity (Wildman–Crippen MR) is 62.8 cm³/mol. The van der Waals surface area contributed by atoms with Gasteiger partial charge in [-0.05, 0) is 52.3 Å². The SMILES string of the molecule is Cc1ccnc(Sc2ccncn2)c1Br. The molecule has 0 radical (unpaired) electrons. The fraction of sp³-hybridized carbons (Fsp3) is 0.100. The van der Waals surface area contributed by atoms with Crippen LogP contribution in [0, 0.1) is 6.92 Å². The summed E-state index contributed by atoms with van der Waals surface area (Å²) >= 11 is 5.03. The van der Waals surface area contributed by atoms with E-state index in [1.165, 1.54) is 23.7 Å². The van der Waals surface area contributed by atoms with Gasteiger partial charge in [0.15, 0.2) is 0 Å². The van der Waals surface area contributed by atoms with Gasteiger partial charge in [0.1, 0.15) is 16.4 Å².